The van der Waals surface area contributed by atoms with Gasteiger partial charge in [-0.15, -0.1) is 0 Å². The summed E-state index contributed by atoms with van der Waals surface area (Å²) in [6.07, 6.45) is -1.75. The number of ether oxygens (including phenoxy) is 1. The standard InChI is InChI=1S/C23H23N3O4/c24-14-9-10-20(25-11-14)22(28)21(27)12-26-23(29)30-13-19-17-7-3-1-5-15(17)16-6-2-4-8-18(16)19/h1-11,19,21-22,27-28H,12-13,24H2,(H,26,29). The Morgan fingerprint density at radius 3 is 2.27 bits per heavy atom. The van der Waals surface area contributed by atoms with Gasteiger partial charge in [-0.2, -0.15) is 0 Å². The lowest BCUT2D eigenvalue weighted by Crippen LogP contribution is -2.36. The Hall–Kier alpha value is -3.42. The number of aliphatic hydroxyl groups is 2. The van der Waals surface area contributed by atoms with Crippen molar-refractivity contribution in [2.24, 2.45) is 0 Å². The Labute approximate surface area is 174 Å². The monoisotopic (exact) mass is 405 g/mol. The molecular formula is C23H23N3O4. The summed E-state index contributed by atoms with van der Waals surface area (Å²) in [4.78, 5) is 16.2. The molecule has 7 nitrogen and oxygen atoms in total. The highest BCUT2D eigenvalue weighted by atomic mass is 16.5. The highest BCUT2D eigenvalue weighted by Crippen LogP contribution is 2.44. The number of nitrogens with two attached hydrogens (primary N) is 1. The average Bonchev–Trinajstić information content (AvgIpc) is 3.10. The van der Waals surface area contributed by atoms with Gasteiger partial charge >= 0.3 is 6.09 Å². The number of fused-ring (bicyclic) bond motifs is 3. The molecule has 1 amide bonds. The van der Waals surface area contributed by atoms with Crippen LogP contribution in [-0.4, -0.2) is 40.5 Å². The molecule has 1 aromatic heterocycles. The van der Waals surface area contributed by atoms with E-state index in [4.69, 9.17) is 10.5 Å². The molecule has 1 heterocycles. The van der Waals surface area contributed by atoms with Crippen molar-refractivity contribution in [3.8, 4) is 11.1 Å². The summed E-state index contributed by atoms with van der Waals surface area (Å²) in [5.74, 6) is -0.0439. The van der Waals surface area contributed by atoms with Crippen LogP contribution >= 0.6 is 0 Å². The molecule has 2 atom stereocenters. The van der Waals surface area contributed by atoms with E-state index in [1.807, 2.05) is 36.4 Å². The minimum Gasteiger partial charge on any atom is -0.449 e. The third kappa shape index (κ3) is 3.98. The lowest BCUT2D eigenvalue weighted by molar-refractivity contribution is 0.0161. The zero-order chi connectivity index (χ0) is 21.1. The minimum absolute atomic E-state index is 0.0439. The summed E-state index contributed by atoms with van der Waals surface area (Å²) in [5, 5.41) is 22.8. The summed E-state index contributed by atoms with van der Waals surface area (Å²) in [6.45, 7) is 0.00191. The maximum atomic E-state index is 12.2. The van der Waals surface area contributed by atoms with E-state index >= 15 is 0 Å². The molecule has 154 valence electrons. The van der Waals surface area contributed by atoms with Gasteiger partial charge in [-0.3, -0.25) is 4.98 Å². The molecule has 0 aliphatic heterocycles. The minimum atomic E-state index is -1.25. The number of carbonyl (C=O) groups is 1. The summed E-state index contributed by atoms with van der Waals surface area (Å²) < 4.78 is 5.42. The predicted octanol–water partition coefficient (Wildman–Crippen LogP) is 2.60. The highest BCUT2D eigenvalue weighted by Gasteiger charge is 2.29. The first kappa shape index (κ1) is 19.9. The molecule has 3 aromatic rings. The number of nitrogen functional groups attached to an aromatic ring is 1. The van der Waals surface area contributed by atoms with Crippen molar-refractivity contribution in [2.75, 3.05) is 18.9 Å². The summed E-state index contributed by atoms with van der Waals surface area (Å²) in [6, 6.07) is 19.3. The fraction of sp³-hybridized carbons (Fsp3) is 0.217. The van der Waals surface area contributed by atoms with E-state index < -0.39 is 18.3 Å². The number of hydrogen-bond donors (Lipinski definition) is 4. The number of nitrogens with zero attached hydrogens (tertiary/aromatic N) is 1. The number of hydrogen-bond acceptors (Lipinski definition) is 6. The molecule has 4 rings (SSSR count). The number of aromatic nitrogens is 1. The molecule has 0 saturated carbocycles. The second-order valence-electron chi connectivity index (χ2n) is 7.24. The van der Waals surface area contributed by atoms with Crippen LogP contribution in [0.3, 0.4) is 0 Å². The van der Waals surface area contributed by atoms with Crippen LogP contribution in [0.1, 0.15) is 28.8 Å². The second kappa shape index (κ2) is 8.52. The molecular weight excluding hydrogens is 382 g/mol. The Kier molecular flexibility index (Phi) is 5.65. The molecule has 30 heavy (non-hydrogen) atoms. The highest BCUT2D eigenvalue weighted by molar-refractivity contribution is 5.79. The molecule has 5 N–H and O–H groups in total. The molecule has 0 bridgehead atoms. The van der Waals surface area contributed by atoms with Gasteiger partial charge in [0.05, 0.1) is 17.6 Å². The largest absolute Gasteiger partial charge is 0.449 e. The van der Waals surface area contributed by atoms with Crippen molar-refractivity contribution >= 4 is 11.8 Å². The molecule has 0 radical (unpaired) electrons. The summed E-state index contributed by atoms with van der Waals surface area (Å²) >= 11 is 0. The van der Waals surface area contributed by atoms with Crippen molar-refractivity contribution in [1.29, 1.82) is 0 Å². The summed E-state index contributed by atoms with van der Waals surface area (Å²) in [5.41, 5.74) is 10.8. The van der Waals surface area contributed by atoms with Crippen LogP contribution in [-0.2, 0) is 4.74 Å². The fourth-order valence-electron chi connectivity index (χ4n) is 3.74. The van der Waals surface area contributed by atoms with Crippen LogP contribution in [0.2, 0.25) is 0 Å². The van der Waals surface area contributed by atoms with Crippen molar-refractivity contribution in [1.82, 2.24) is 10.3 Å². The lowest BCUT2D eigenvalue weighted by atomic mass is 9.98. The van der Waals surface area contributed by atoms with E-state index in [2.05, 4.69) is 22.4 Å². The van der Waals surface area contributed by atoms with Crippen molar-refractivity contribution in [3.63, 3.8) is 0 Å². The number of amides is 1. The predicted molar refractivity (Wildman–Crippen MR) is 113 cm³/mol. The SMILES string of the molecule is Nc1ccc(C(O)C(O)CNC(=O)OCC2c3ccccc3-c3ccccc32)nc1. The van der Waals surface area contributed by atoms with Gasteiger partial charge in [0.15, 0.2) is 0 Å². The smallest absolute Gasteiger partial charge is 0.407 e. The van der Waals surface area contributed by atoms with Gasteiger partial charge in [0.2, 0.25) is 0 Å². The first-order valence-corrected chi connectivity index (χ1v) is 9.71. The van der Waals surface area contributed by atoms with E-state index in [0.29, 0.717) is 5.69 Å². The Bertz CT molecular complexity index is 993. The van der Waals surface area contributed by atoms with Gasteiger partial charge in [-0.25, -0.2) is 4.79 Å². The van der Waals surface area contributed by atoms with Crippen molar-refractivity contribution < 1.29 is 19.7 Å². The maximum absolute atomic E-state index is 12.2. The summed E-state index contributed by atoms with van der Waals surface area (Å²) in [7, 11) is 0. The number of carbonyl (C=O) groups excluding carboxylic acids is 1. The third-order valence-electron chi connectivity index (χ3n) is 5.28. The zero-order valence-electron chi connectivity index (χ0n) is 16.2. The average molecular weight is 405 g/mol. The molecule has 0 saturated heterocycles. The molecule has 2 aromatic carbocycles. The molecule has 1 aliphatic rings. The third-order valence-corrected chi connectivity index (χ3v) is 5.28. The number of alkyl carbamates (subject to hydrolysis) is 1. The maximum Gasteiger partial charge on any atom is 0.407 e. The number of aliphatic hydroxyl groups excluding tert-OH is 2. The molecule has 1 aliphatic carbocycles. The van der Waals surface area contributed by atoms with E-state index in [9.17, 15) is 15.0 Å². The lowest BCUT2D eigenvalue weighted by Gasteiger charge is -2.19. The Morgan fingerprint density at radius 2 is 1.67 bits per heavy atom. The van der Waals surface area contributed by atoms with Crippen molar-refractivity contribution in [3.05, 3.63) is 83.7 Å². The number of nitrogens with one attached hydrogen (secondary N) is 1. The fourth-order valence-corrected chi connectivity index (χ4v) is 3.74. The quantitative estimate of drug-likeness (QED) is 0.501. The zero-order valence-corrected chi connectivity index (χ0v) is 16.2. The van der Waals surface area contributed by atoms with E-state index in [0.717, 1.165) is 22.3 Å². The number of anilines is 1. The van der Waals surface area contributed by atoms with Crippen molar-refractivity contribution in [2.45, 2.75) is 18.1 Å². The molecule has 0 fully saturated rings. The van der Waals surface area contributed by atoms with Crippen LogP contribution in [0.5, 0.6) is 0 Å². The van der Waals surface area contributed by atoms with Crippen LogP contribution in [0.15, 0.2) is 66.9 Å². The van der Waals surface area contributed by atoms with Gasteiger partial charge in [0.1, 0.15) is 18.8 Å². The van der Waals surface area contributed by atoms with Gasteiger partial charge in [0, 0.05) is 12.5 Å². The molecule has 0 spiro atoms. The van der Waals surface area contributed by atoms with E-state index in [-0.39, 0.29) is 24.8 Å². The Morgan fingerprint density at radius 1 is 1.03 bits per heavy atom. The Balaban J connectivity index is 1.33. The van der Waals surface area contributed by atoms with Crippen LogP contribution in [0.4, 0.5) is 10.5 Å². The number of rotatable bonds is 6. The van der Waals surface area contributed by atoms with Gasteiger partial charge < -0.3 is 26.0 Å². The first-order valence-electron chi connectivity index (χ1n) is 9.71. The first-order chi connectivity index (χ1) is 14.5. The normalized spacial score (nSPS) is 14.5. The van der Waals surface area contributed by atoms with Gasteiger partial charge in [-0.05, 0) is 34.4 Å². The number of pyridine rings is 1. The van der Waals surface area contributed by atoms with Crippen LogP contribution < -0.4 is 11.1 Å². The number of benzene rings is 2. The van der Waals surface area contributed by atoms with E-state index in [1.165, 1.54) is 12.3 Å². The topological polar surface area (TPSA) is 118 Å². The van der Waals surface area contributed by atoms with E-state index in [1.54, 1.807) is 6.07 Å². The van der Waals surface area contributed by atoms with Gasteiger partial charge in [-0.1, -0.05) is 48.5 Å². The second-order valence-corrected chi connectivity index (χ2v) is 7.24. The van der Waals surface area contributed by atoms with Crippen LogP contribution in [0.25, 0.3) is 11.1 Å². The van der Waals surface area contributed by atoms with Crippen LogP contribution in [0, 0.1) is 0 Å². The van der Waals surface area contributed by atoms with Gasteiger partial charge in [0.25, 0.3) is 0 Å². The molecule has 2 unspecified atom stereocenters. The molecule has 7 heteroatoms.